The Morgan fingerprint density at radius 3 is 2.12 bits per heavy atom. The molecule has 1 atom stereocenters. The van der Waals surface area contributed by atoms with Crippen molar-refractivity contribution in [3.8, 4) is 11.1 Å². The Labute approximate surface area is 153 Å². The van der Waals surface area contributed by atoms with Crippen LogP contribution in [-0.4, -0.2) is 5.78 Å². The Morgan fingerprint density at radius 2 is 1.35 bits per heavy atom. The first-order valence-electron chi connectivity index (χ1n) is 8.82. The fraction of sp³-hybridized carbons (Fsp3) is 0.0833. The van der Waals surface area contributed by atoms with E-state index in [-0.39, 0.29) is 11.8 Å². The Hall–Kier alpha value is -3.26. The quantitative estimate of drug-likeness (QED) is 0.368. The second-order valence-electron chi connectivity index (χ2n) is 6.46. The van der Waals surface area contributed by atoms with E-state index in [0.717, 1.165) is 27.6 Å². The zero-order valence-corrected chi connectivity index (χ0v) is 14.7. The summed E-state index contributed by atoms with van der Waals surface area (Å²) in [4.78, 5) is 13.0. The average Bonchev–Trinajstić information content (AvgIpc) is 2.73. The molecule has 1 unspecified atom stereocenters. The number of carbonyl (C=O) groups excluding carboxylic acids is 1. The molecule has 0 saturated carbocycles. The molecule has 26 heavy (non-hydrogen) atoms. The van der Waals surface area contributed by atoms with Crippen molar-refractivity contribution in [1.82, 2.24) is 0 Å². The fourth-order valence-corrected chi connectivity index (χ4v) is 3.35. The van der Waals surface area contributed by atoms with Crippen molar-refractivity contribution >= 4 is 16.7 Å². The second-order valence-corrected chi connectivity index (χ2v) is 6.46. The zero-order valence-electron chi connectivity index (χ0n) is 14.7. The van der Waals surface area contributed by atoms with Crippen LogP contribution < -0.4 is 4.57 Å². The molecule has 0 aliphatic rings. The number of para-hydroxylation sites is 1. The lowest BCUT2D eigenvalue weighted by molar-refractivity contribution is -0.679. The average molecular weight is 338 g/mol. The number of hydrogen-bond acceptors (Lipinski definition) is 1. The summed E-state index contributed by atoms with van der Waals surface area (Å²) in [6, 6.07) is 30.0. The third-order valence-electron chi connectivity index (χ3n) is 4.81. The van der Waals surface area contributed by atoms with Crippen LogP contribution in [-0.2, 0) is 0 Å². The number of benzene rings is 3. The largest absolute Gasteiger partial charge is 0.287 e. The van der Waals surface area contributed by atoms with Gasteiger partial charge in [0.1, 0.15) is 0 Å². The summed E-state index contributed by atoms with van der Waals surface area (Å²) in [7, 11) is 0. The van der Waals surface area contributed by atoms with Gasteiger partial charge in [0.15, 0.2) is 6.20 Å². The number of carbonyl (C=O) groups is 1. The van der Waals surface area contributed by atoms with E-state index in [4.69, 9.17) is 0 Å². The van der Waals surface area contributed by atoms with Crippen LogP contribution in [0.4, 0.5) is 0 Å². The van der Waals surface area contributed by atoms with Crippen molar-refractivity contribution < 1.29 is 9.36 Å². The monoisotopic (exact) mass is 338 g/mol. The fourth-order valence-electron chi connectivity index (χ4n) is 3.35. The number of Topliss-reactive ketones (excluding diaryl/α,β-unsaturated/α-hetero) is 1. The summed E-state index contributed by atoms with van der Waals surface area (Å²) in [5.41, 5.74) is 4.07. The summed E-state index contributed by atoms with van der Waals surface area (Å²) < 4.78 is 2.04. The first kappa shape index (κ1) is 16.2. The number of hydrogen-bond donors (Lipinski definition) is 0. The van der Waals surface area contributed by atoms with Crippen molar-refractivity contribution in [2.24, 2.45) is 0 Å². The zero-order chi connectivity index (χ0) is 17.9. The van der Waals surface area contributed by atoms with Gasteiger partial charge in [0, 0.05) is 30.0 Å². The van der Waals surface area contributed by atoms with Crippen LogP contribution in [0.25, 0.3) is 22.0 Å². The molecule has 0 amide bonds. The number of ketones is 1. The minimum absolute atomic E-state index is 0.117. The molecular weight excluding hydrogens is 318 g/mol. The van der Waals surface area contributed by atoms with Gasteiger partial charge in [0.05, 0.1) is 0 Å². The SMILES string of the molecule is CC(C(=O)c1ccc(-c2ccccc2)cc1)[n+]1cccc2ccccc21. The maximum absolute atomic E-state index is 13.0. The Balaban J connectivity index is 1.65. The van der Waals surface area contributed by atoms with Gasteiger partial charge < -0.3 is 0 Å². The lowest BCUT2D eigenvalue weighted by Crippen LogP contribution is -2.42. The van der Waals surface area contributed by atoms with Crippen molar-refractivity contribution in [2.75, 3.05) is 0 Å². The normalized spacial score (nSPS) is 12.0. The lowest BCUT2D eigenvalue weighted by atomic mass is 10.00. The number of nitrogens with zero attached hydrogens (tertiary/aromatic N) is 1. The van der Waals surface area contributed by atoms with Gasteiger partial charge >= 0.3 is 0 Å². The minimum Gasteiger partial charge on any atom is -0.287 e. The van der Waals surface area contributed by atoms with E-state index in [9.17, 15) is 4.79 Å². The molecule has 4 aromatic rings. The number of aromatic nitrogens is 1. The molecule has 1 heterocycles. The van der Waals surface area contributed by atoms with Crippen molar-refractivity contribution in [1.29, 1.82) is 0 Å². The molecule has 4 rings (SSSR count). The van der Waals surface area contributed by atoms with Crippen molar-refractivity contribution in [3.05, 3.63) is 103 Å². The van der Waals surface area contributed by atoms with Crippen LogP contribution in [0.2, 0.25) is 0 Å². The van der Waals surface area contributed by atoms with E-state index in [2.05, 4.69) is 30.3 Å². The molecule has 0 aliphatic carbocycles. The van der Waals surface area contributed by atoms with Gasteiger partial charge in [-0.05, 0) is 23.3 Å². The van der Waals surface area contributed by atoms with Gasteiger partial charge in [-0.3, -0.25) is 4.79 Å². The molecule has 126 valence electrons. The van der Waals surface area contributed by atoms with Gasteiger partial charge in [-0.15, -0.1) is 0 Å². The van der Waals surface area contributed by atoms with Crippen molar-refractivity contribution in [3.63, 3.8) is 0 Å². The third kappa shape index (κ3) is 3.02. The Bertz CT molecular complexity index is 1050. The van der Waals surface area contributed by atoms with Gasteiger partial charge in [0.25, 0.3) is 0 Å². The van der Waals surface area contributed by atoms with Gasteiger partial charge in [-0.2, -0.15) is 4.57 Å². The Morgan fingerprint density at radius 1 is 0.731 bits per heavy atom. The van der Waals surface area contributed by atoms with Crippen LogP contribution in [0.1, 0.15) is 23.3 Å². The molecule has 0 saturated heterocycles. The molecule has 0 N–H and O–H groups in total. The van der Waals surface area contributed by atoms with E-state index in [0.29, 0.717) is 0 Å². The summed E-state index contributed by atoms with van der Waals surface area (Å²) >= 11 is 0. The second kappa shape index (κ2) is 6.93. The minimum atomic E-state index is -0.260. The highest BCUT2D eigenvalue weighted by molar-refractivity contribution is 5.98. The molecule has 1 aromatic heterocycles. The molecule has 0 aliphatic heterocycles. The highest BCUT2D eigenvalue weighted by Crippen LogP contribution is 2.21. The summed E-state index contributed by atoms with van der Waals surface area (Å²) in [5, 5.41) is 1.13. The maximum atomic E-state index is 13.0. The highest BCUT2D eigenvalue weighted by Gasteiger charge is 2.25. The molecule has 2 nitrogen and oxygen atoms in total. The maximum Gasteiger partial charge on any atom is 0.230 e. The van der Waals surface area contributed by atoms with Gasteiger partial charge in [-0.25, -0.2) is 0 Å². The molecular formula is C24H20NO+. The molecule has 0 fully saturated rings. The smallest absolute Gasteiger partial charge is 0.230 e. The van der Waals surface area contributed by atoms with Crippen LogP contribution in [0.3, 0.4) is 0 Å². The van der Waals surface area contributed by atoms with E-state index in [1.165, 1.54) is 0 Å². The van der Waals surface area contributed by atoms with E-state index < -0.39 is 0 Å². The molecule has 0 radical (unpaired) electrons. The van der Waals surface area contributed by atoms with E-state index >= 15 is 0 Å². The molecule has 0 bridgehead atoms. The standard InChI is InChI=1S/C24H20NO/c1-18(25-17-7-11-21-10-5-6-12-23(21)25)24(26)22-15-13-20(14-16-22)19-8-3-2-4-9-19/h2-18H,1H3/q+1. The highest BCUT2D eigenvalue weighted by atomic mass is 16.1. The summed E-state index contributed by atoms with van der Waals surface area (Å²) in [6.45, 7) is 1.96. The van der Waals surface area contributed by atoms with E-state index in [1.54, 1.807) is 0 Å². The van der Waals surface area contributed by atoms with Gasteiger partial charge in [-0.1, -0.05) is 66.7 Å². The number of rotatable bonds is 4. The first-order chi connectivity index (χ1) is 12.7. The molecule has 0 spiro atoms. The third-order valence-corrected chi connectivity index (χ3v) is 4.81. The summed E-state index contributed by atoms with van der Waals surface area (Å²) in [5.74, 6) is 0.117. The Kier molecular flexibility index (Phi) is 4.32. The predicted molar refractivity (Wildman–Crippen MR) is 105 cm³/mol. The predicted octanol–water partition coefficient (Wildman–Crippen LogP) is 5.24. The number of pyridine rings is 1. The van der Waals surface area contributed by atoms with Crippen LogP contribution in [0.15, 0.2) is 97.2 Å². The first-order valence-corrected chi connectivity index (χ1v) is 8.82. The number of fused-ring (bicyclic) bond motifs is 1. The van der Waals surface area contributed by atoms with E-state index in [1.807, 2.05) is 78.4 Å². The summed E-state index contributed by atoms with van der Waals surface area (Å²) in [6.07, 6.45) is 1.98. The topological polar surface area (TPSA) is 20.9 Å². The molecule has 2 heteroatoms. The van der Waals surface area contributed by atoms with Crippen molar-refractivity contribution in [2.45, 2.75) is 13.0 Å². The lowest BCUT2D eigenvalue weighted by Gasteiger charge is -2.09. The van der Waals surface area contributed by atoms with Gasteiger partial charge in [0.2, 0.25) is 17.3 Å². The molecule has 3 aromatic carbocycles. The van der Waals surface area contributed by atoms with Crippen LogP contribution in [0, 0.1) is 0 Å². The van der Waals surface area contributed by atoms with Crippen LogP contribution >= 0.6 is 0 Å². The van der Waals surface area contributed by atoms with Crippen LogP contribution in [0.5, 0.6) is 0 Å².